The molecule has 0 saturated heterocycles. The number of nitrogens with one attached hydrogen (secondary N) is 1. The summed E-state index contributed by atoms with van der Waals surface area (Å²) in [5.41, 5.74) is 6.63. The molecule has 6 nitrogen and oxygen atoms in total. The van der Waals surface area contributed by atoms with E-state index in [0.29, 0.717) is 11.4 Å². The van der Waals surface area contributed by atoms with Crippen molar-refractivity contribution in [2.45, 2.75) is 13.0 Å². The number of benzene rings is 1. The number of hydrogen-bond donors (Lipinski definition) is 2. The van der Waals surface area contributed by atoms with E-state index in [4.69, 9.17) is 5.73 Å². The van der Waals surface area contributed by atoms with E-state index in [1.807, 2.05) is 0 Å². The maximum atomic E-state index is 11.7. The van der Waals surface area contributed by atoms with Crippen LogP contribution in [0.3, 0.4) is 0 Å². The van der Waals surface area contributed by atoms with Crippen molar-refractivity contribution >= 4 is 17.3 Å². The molecule has 0 aliphatic rings. The number of nitrogens with zero attached hydrogens (tertiary/aromatic N) is 2. The Kier molecular flexibility index (Phi) is 3.92. The monoisotopic (exact) mass is 258 g/mol. The summed E-state index contributed by atoms with van der Waals surface area (Å²) in [6, 6.07) is 8.37. The van der Waals surface area contributed by atoms with Crippen LogP contribution in [0.1, 0.15) is 6.42 Å². The second-order valence-electron chi connectivity index (χ2n) is 4.00. The van der Waals surface area contributed by atoms with Gasteiger partial charge in [-0.05, 0) is 12.1 Å². The number of aryl methyl sites for hydroxylation is 1. The molecule has 98 valence electrons. The Labute approximate surface area is 109 Å². The smallest absolute Gasteiger partial charge is 0.253 e. The number of nitrogens with two attached hydrogens (primary N) is 1. The highest BCUT2D eigenvalue weighted by atomic mass is 16.1. The fourth-order valence-corrected chi connectivity index (χ4v) is 1.59. The molecular weight excluding hydrogens is 244 g/mol. The Balaban J connectivity index is 1.94. The van der Waals surface area contributed by atoms with E-state index in [9.17, 15) is 9.59 Å². The number of para-hydroxylation sites is 2. The number of rotatable bonds is 4. The predicted octanol–water partition coefficient (Wildman–Crippen LogP) is 0.854. The molecule has 0 radical (unpaired) electrons. The Morgan fingerprint density at radius 1 is 1.32 bits per heavy atom. The fraction of sp³-hybridized carbons (Fsp3) is 0.154. The van der Waals surface area contributed by atoms with Crippen molar-refractivity contribution in [1.82, 2.24) is 9.55 Å². The van der Waals surface area contributed by atoms with Gasteiger partial charge < -0.3 is 11.1 Å². The van der Waals surface area contributed by atoms with Crippen LogP contribution in [0.2, 0.25) is 0 Å². The molecule has 0 spiro atoms. The summed E-state index contributed by atoms with van der Waals surface area (Å²) in [4.78, 5) is 27.0. The van der Waals surface area contributed by atoms with Crippen LogP contribution in [0.4, 0.5) is 11.4 Å². The molecule has 0 unspecified atom stereocenters. The van der Waals surface area contributed by atoms with Gasteiger partial charge in [-0.15, -0.1) is 0 Å². The Hall–Kier alpha value is -2.63. The van der Waals surface area contributed by atoms with E-state index in [1.165, 1.54) is 23.2 Å². The molecule has 1 amide bonds. The molecule has 19 heavy (non-hydrogen) atoms. The molecule has 2 rings (SSSR count). The van der Waals surface area contributed by atoms with Crippen LogP contribution in [0, 0.1) is 0 Å². The number of anilines is 2. The van der Waals surface area contributed by atoms with Gasteiger partial charge in [-0.25, -0.2) is 4.98 Å². The first-order valence-corrected chi connectivity index (χ1v) is 5.81. The van der Waals surface area contributed by atoms with Gasteiger partial charge in [0.05, 0.1) is 17.7 Å². The standard InChI is InChI=1S/C13H14N4O2/c14-10-3-1-2-4-11(10)16-12(18)6-8-17-9-15-7-5-13(17)19/h1-5,7,9H,6,8,14H2,(H,16,18). The van der Waals surface area contributed by atoms with Crippen molar-refractivity contribution in [3.05, 3.63) is 53.2 Å². The highest BCUT2D eigenvalue weighted by Crippen LogP contribution is 2.16. The molecule has 0 fully saturated rings. The quantitative estimate of drug-likeness (QED) is 0.796. The first-order chi connectivity index (χ1) is 9.16. The molecule has 1 aromatic carbocycles. The van der Waals surface area contributed by atoms with Gasteiger partial charge in [-0.1, -0.05) is 12.1 Å². The van der Waals surface area contributed by atoms with E-state index in [1.54, 1.807) is 24.3 Å². The van der Waals surface area contributed by atoms with Crippen LogP contribution in [0.25, 0.3) is 0 Å². The Morgan fingerprint density at radius 2 is 2.11 bits per heavy atom. The third kappa shape index (κ3) is 3.41. The normalized spacial score (nSPS) is 10.1. The molecule has 0 bridgehead atoms. The maximum Gasteiger partial charge on any atom is 0.253 e. The van der Waals surface area contributed by atoms with Crippen LogP contribution in [0.5, 0.6) is 0 Å². The van der Waals surface area contributed by atoms with Gasteiger partial charge in [0.2, 0.25) is 5.91 Å². The summed E-state index contributed by atoms with van der Waals surface area (Å²) in [6.45, 7) is 0.283. The van der Waals surface area contributed by atoms with Crippen LogP contribution >= 0.6 is 0 Å². The van der Waals surface area contributed by atoms with Gasteiger partial charge in [-0.2, -0.15) is 0 Å². The lowest BCUT2D eigenvalue weighted by molar-refractivity contribution is -0.116. The van der Waals surface area contributed by atoms with Crippen molar-refractivity contribution in [2.75, 3.05) is 11.1 Å². The summed E-state index contributed by atoms with van der Waals surface area (Å²) < 4.78 is 1.38. The minimum Gasteiger partial charge on any atom is -0.397 e. The summed E-state index contributed by atoms with van der Waals surface area (Å²) in [7, 11) is 0. The molecule has 0 saturated carbocycles. The largest absolute Gasteiger partial charge is 0.397 e. The summed E-state index contributed by atoms with van der Waals surface area (Å²) in [5.74, 6) is -0.200. The number of hydrogen-bond acceptors (Lipinski definition) is 4. The lowest BCUT2D eigenvalue weighted by Crippen LogP contribution is -2.22. The number of carbonyl (C=O) groups excluding carboxylic acids is 1. The molecular formula is C13H14N4O2. The zero-order valence-corrected chi connectivity index (χ0v) is 10.2. The van der Waals surface area contributed by atoms with Crippen LogP contribution in [-0.4, -0.2) is 15.5 Å². The predicted molar refractivity (Wildman–Crippen MR) is 72.6 cm³/mol. The van der Waals surface area contributed by atoms with E-state index in [0.717, 1.165) is 0 Å². The Morgan fingerprint density at radius 3 is 2.84 bits per heavy atom. The molecule has 0 atom stereocenters. The van der Waals surface area contributed by atoms with Crippen molar-refractivity contribution < 1.29 is 4.79 Å². The lowest BCUT2D eigenvalue weighted by Gasteiger charge is -2.08. The minimum absolute atomic E-state index is 0.179. The van der Waals surface area contributed by atoms with Crippen LogP contribution in [0.15, 0.2) is 47.7 Å². The van der Waals surface area contributed by atoms with Gasteiger partial charge in [-0.3, -0.25) is 14.2 Å². The number of amides is 1. The minimum atomic E-state index is -0.200. The first-order valence-electron chi connectivity index (χ1n) is 5.81. The molecule has 1 aromatic heterocycles. The molecule has 0 aliphatic carbocycles. The van der Waals surface area contributed by atoms with Gasteiger partial charge in [0, 0.05) is 25.2 Å². The summed E-state index contributed by atoms with van der Waals surface area (Å²) in [6.07, 6.45) is 3.01. The highest BCUT2D eigenvalue weighted by Gasteiger charge is 2.05. The fourth-order valence-electron chi connectivity index (χ4n) is 1.59. The molecule has 1 heterocycles. The van der Waals surface area contributed by atoms with Gasteiger partial charge in [0.25, 0.3) is 5.56 Å². The molecule has 2 aromatic rings. The van der Waals surface area contributed by atoms with E-state index >= 15 is 0 Å². The second-order valence-corrected chi connectivity index (χ2v) is 4.00. The van der Waals surface area contributed by atoms with Crippen LogP contribution < -0.4 is 16.6 Å². The third-order valence-electron chi connectivity index (χ3n) is 2.61. The second kappa shape index (κ2) is 5.81. The highest BCUT2D eigenvalue weighted by molar-refractivity contribution is 5.93. The van der Waals surface area contributed by atoms with Crippen molar-refractivity contribution in [1.29, 1.82) is 0 Å². The first kappa shape index (κ1) is 12.8. The Bertz CT molecular complexity index is 636. The summed E-state index contributed by atoms with van der Waals surface area (Å²) >= 11 is 0. The average molecular weight is 258 g/mol. The number of nitrogen functional groups attached to an aromatic ring is 1. The third-order valence-corrected chi connectivity index (χ3v) is 2.61. The van der Waals surface area contributed by atoms with E-state index < -0.39 is 0 Å². The molecule has 6 heteroatoms. The van der Waals surface area contributed by atoms with Crippen molar-refractivity contribution in [2.24, 2.45) is 0 Å². The van der Waals surface area contributed by atoms with E-state index in [-0.39, 0.29) is 24.4 Å². The van der Waals surface area contributed by atoms with Gasteiger partial charge >= 0.3 is 0 Å². The van der Waals surface area contributed by atoms with E-state index in [2.05, 4.69) is 10.3 Å². The SMILES string of the molecule is Nc1ccccc1NC(=O)CCn1cnccc1=O. The average Bonchev–Trinajstić information content (AvgIpc) is 2.40. The topological polar surface area (TPSA) is 90.0 Å². The zero-order valence-electron chi connectivity index (χ0n) is 10.2. The van der Waals surface area contributed by atoms with Gasteiger partial charge in [0.1, 0.15) is 0 Å². The number of carbonyl (C=O) groups is 1. The van der Waals surface area contributed by atoms with Crippen molar-refractivity contribution in [3.8, 4) is 0 Å². The summed E-state index contributed by atoms with van der Waals surface area (Å²) in [5, 5.41) is 2.70. The maximum absolute atomic E-state index is 11.7. The van der Waals surface area contributed by atoms with Gasteiger partial charge in [0.15, 0.2) is 0 Å². The number of aromatic nitrogens is 2. The molecule has 3 N–H and O–H groups in total. The lowest BCUT2D eigenvalue weighted by atomic mass is 10.2. The zero-order chi connectivity index (χ0) is 13.7. The van der Waals surface area contributed by atoms with Crippen molar-refractivity contribution in [3.63, 3.8) is 0 Å². The van der Waals surface area contributed by atoms with Crippen LogP contribution in [-0.2, 0) is 11.3 Å². The molecule has 0 aliphatic heterocycles.